The van der Waals surface area contributed by atoms with E-state index in [1.165, 1.54) is 0 Å². The van der Waals surface area contributed by atoms with Crippen LogP contribution in [0.15, 0.2) is 18.2 Å². The summed E-state index contributed by atoms with van der Waals surface area (Å²) in [6, 6.07) is 7.45. The second kappa shape index (κ2) is 6.77. The lowest BCUT2D eigenvalue weighted by Crippen LogP contribution is -2.28. The van der Waals surface area contributed by atoms with Crippen molar-refractivity contribution in [3.05, 3.63) is 23.8 Å². The van der Waals surface area contributed by atoms with Crippen LogP contribution in [-0.4, -0.2) is 24.8 Å². The van der Waals surface area contributed by atoms with E-state index in [1.54, 1.807) is 12.1 Å². The molecule has 0 radical (unpaired) electrons. The van der Waals surface area contributed by atoms with Gasteiger partial charge in [-0.25, -0.2) is 0 Å². The number of nitriles is 1. The van der Waals surface area contributed by atoms with E-state index in [1.807, 2.05) is 11.0 Å². The Hall–Kier alpha value is -1.73. The summed E-state index contributed by atoms with van der Waals surface area (Å²) in [5.41, 5.74) is 7.66. The van der Waals surface area contributed by atoms with Crippen molar-refractivity contribution in [2.24, 2.45) is 0 Å². The van der Waals surface area contributed by atoms with E-state index in [0.29, 0.717) is 17.8 Å². The summed E-state index contributed by atoms with van der Waals surface area (Å²) in [6.45, 7) is 3.58. The molecule has 3 N–H and O–H groups in total. The molecular weight excluding hydrogens is 214 g/mol. The van der Waals surface area contributed by atoms with Crippen molar-refractivity contribution in [3.63, 3.8) is 0 Å². The molecule has 1 aromatic carbocycles. The molecule has 1 aromatic rings. The van der Waals surface area contributed by atoms with Crippen LogP contribution in [-0.2, 0) is 0 Å². The highest BCUT2D eigenvalue weighted by Gasteiger charge is 2.10. The standard InChI is InChI=1S/C13H19N3O/c1-2-3-6-16(7-8-17)13-5-4-12(15)9-11(13)10-14/h4-5,9,17H,2-3,6-8,15H2,1H3. The predicted molar refractivity (Wildman–Crippen MR) is 69.8 cm³/mol. The first kappa shape index (κ1) is 13.3. The van der Waals surface area contributed by atoms with Gasteiger partial charge in [-0.3, -0.25) is 0 Å². The molecule has 0 amide bonds. The Labute approximate surface area is 102 Å². The highest BCUT2D eigenvalue weighted by Crippen LogP contribution is 2.22. The summed E-state index contributed by atoms with van der Waals surface area (Å²) in [7, 11) is 0. The van der Waals surface area contributed by atoms with Crippen LogP contribution in [0.4, 0.5) is 11.4 Å². The highest BCUT2D eigenvalue weighted by atomic mass is 16.3. The average molecular weight is 233 g/mol. The van der Waals surface area contributed by atoms with E-state index in [2.05, 4.69) is 13.0 Å². The number of aliphatic hydroxyl groups excluding tert-OH is 1. The summed E-state index contributed by atoms with van der Waals surface area (Å²) in [5, 5.41) is 18.2. The lowest BCUT2D eigenvalue weighted by Gasteiger charge is -2.24. The number of benzene rings is 1. The quantitative estimate of drug-likeness (QED) is 0.734. The van der Waals surface area contributed by atoms with Crippen LogP contribution in [0.2, 0.25) is 0 Å². The minimum absolute atomic E-state index is 0.0823. The molecule has 0 aliphatic rings. The van der Waals surface area contributed by atoms with Gasteiger partial charge in [0.25, 0.3) is 0 Å². The number of unbranched alkanes of at least 4 members (excludes halogenated alkanes) is 1. The second-order valence-corrected chi connectivity index (χ2v) is 3.95. The molecule has 0 aliphatic heterocycles. The largest absolute Gasteiger partial charge is 0.399 e. The molecule has 4 nitrogen and oxygen atoms in total. The predicted octanol–water partition coefficient (Wildman–Crippen LogP) is 1.74. The number of aliphatic hydroxyl groups is 1. The van der Waals surface area contributed by atoms with Crippen molar-refractivity contribution in [1.29, 1.82) is 5.26 Å². The molecular formula is C13H19N3O. The Morgan fingerprint density at radius 2 is 2.18 bits per heavy atom. The van der Waals surface area contributed by atoms with Gasteiger partial charge in [0.05, 0.1) is 17.9 Å². The van der Waals surface area contributed by atoms with Crippen LogP contribution in [0.25, 0.3) is 0 Å². The number of nitrogens with zero attached hydrogens (tertiary/aromatic N) is 2. The molecule has 4 heteroatoms. The number of nitrogens with two attached hydrogens (primary N) is 1. The third-order valence-electron chi connectivity index (χ3n) is 2.63. The van der Waals surface area contributed by atoms with Gasteiger partial charge in [0.15, 0.2) is 0 Å². The first-order valence-electron chi connectivity index (χ1n) is 5.88. The van der Waals surface area contributed by atoms with Crippen LogP contribution in [0.5, 0.6) is 0 Å². The molecule has 0 atom stereocenters. The van der Waals surface area contributed by atoms with Gasteiger partial charge in [0.2, 0.25) is 0 Å². The lowest BCUT2D eigenvalue weighted by atomic mass is 10.1. The SMILES string of the molecule is CCCCN(CCO)c1ccc(N)cc1C#N. The highest BCUT2D eigenvalue weighted by molar-refractivity contribution is 5.64. The summed E-state index contributed by atoms with van der Waals surface area (Å²) in [4.78, 5) is 2.03. The third kappa shape index (κ3) is 3.65. The van der Waals surface area contributed by atoms with Gasteiger partial charge in [-0.15, -0.1) is 0 Å². The second-order valence-electron chi connectivity index (χ2n) is 3.95. The third-order valence-corrected chi connectivity index (χ3v) is 2.63. The molecule has 0 saturated carbocycles. The van der Waals surface area contributed by atoms with E-state index in [-0.39, 0.29) is 6.61 Å². The van der Waals surface area contributed by atoms with Gasteiger partial charge >= 0.3 is 0 Å². The zero-order valence-electron chi connectivity index (χ0n) is 10.2. The van der Waals surface area contributed by atoms with Crippen LogP contribution in [0, 0.1) is 11.3 Å². The zero-order valence-corrected chi connectivity index (χ0v) is 10.2. The van der Waals surface area contributed by atoms with Gasteiger partial charge in [0, 0.05) is 18.8 Å². The zero-order chi connectivity index (χ0) is 12.7. The van der Waals surface area contributed by atoms with Gasteiger partial charge in [0.1, 0.15) is 6.07 Å². The number of anilines is 2. The molecule has 0 saturated heterocycles. The monoisotopic (exact) mass is 233 g/mol. The van der Waals surface area contributed by atoms with E-state index in [9.17, 15) is 0 Å². The maximum absolute atomic E-state index is 9.09. The fourth-order valence-corrected chi connectivity index (χ4v) is 1.74. The summed E-state index contributed by atoms with van der Waals surface area (Å²) in [5.74, 6) is 0. The Kier molecular flexibility index (Phi) is 5.31. The Morgan fingerprint density at radius 1 is 1.41 bits per heavy atom. The van der Waals surface area contributed by atoms with E-state index in [0.717, 1.165) is 25.1 Å². The molecule has 0 fully saturated rings. The molecule has 0 spiro atoms. The normalized spacial score (nSPS) is 9.94. The number of nitrogen functional groups attached to an aromatic ring is 1. The van der Waals surface area contributed by atoms with E-state index < -0.39 is 0 Å². The molecule has 0 unspecified atom stereocenters. The summed E-state index contributed by atoms with van der Waals surface area (Å²) >= 11 is 0. The van der Waals surface area contributed by atoms with Crippen LogP contribution >= 0.6 is 0 Å². The maximum Gasteiger partial charge on any atom is 0.101 e. The minimum Gasteiger partial charge on any atom is -0.399 e. The summed E-state index contributed by atoms with van der Waals surface area (Å²) in [6.07, 6.45) is 2.12. The fraction of sp³-hybridized carbons (Fsp3) is 0.462. The minimum atomic E-state index is 0.0823. The van der Waals surface area contributed by atoms with Crippen molar-refractivity contribution in [3.8, 4) is 6.07 Å². The van der Waals surface area contributed by atoms with Gasteiger partial charge in [-0.05, 0) is 24.6 Å². The fourth-order valence-electron chi connectivity index (χ4n) is 1.74. The Morgan fingerprint density at radius 3 is 2.76 bits per heavy atom. The molecule has 0 heterocycles. The first-order chi connectivity index (χ1) is 8.22. The molecule has 92 valence electrons. The van der Waals surface area contributed by atoms with E-state index in [4.69, 9.17) is 16.1 Å². The van der Waals surface area contributed by atoms with Gasteiger partial charge in [-0.1, -0.05) is 13.3 Å². The van der Waals surface area contributed by atoms with Crippen LogP contribution in [0.1, 0.15) is 25.3 Å². The Bertz CT molecular complexity index is 398. The number of hydrogen-bond acceptors (Lipinski definition) is 4. The van der Waals surface area contributed by atoms with Crippen LogP contribution in [0.3, 0.4) is 0 Å². The smallest absolute Gasteiger partial charge is 0.101 e. The first-order valence-corrected chi connectivity index (χ1v) is 5.88. The number of rotatable bonds is 6. The lowest BCUT2D eigenvalue weighted by molar-refractivity contribution is 0.301. The van der Waals surface area contributed by atoms with Gasteiger partial charge in [-0.2, -0.15) is 5.26 Å². The number of hydrogen-bond donors (Lipinski definition) is 2. The Balaban J connectivity index is 2.96. The molecule has 0 bridgehead atoms. The molecule has 1 rings (SSSR count). The molecule has 17 heavy (non-hydrogen) atoms. The van der Waals surface area contributed by atoms with Crippen molar-refractivity contribution in [2.45, 2.75) is 19.8 Å². The van der Waals surface area contributed by atoms with Crippen molar-refractivity contribution < 1.29 is 5.11 Å². The van der Waals surface area contributed by atoms with Crippen molar-refractivity contribution in [1.82, 2.24) is 0 Å². The maximum atomic E-state index is 9.09. The molecule has 0 aromatic heterocycles. The van der Waals surface area contributed by atoms with Crippen molar-refractivity contribution >= 4 is 11.4 Å². The topological polar surface area (TPSA) is 73.3 Å². The summed E-state index contributed by atoms with van der Waals surface area (Å²) < 4.78 is 0. The average Bonchev–Trinajstić information content (AvgIpc) is 2.34. The van der Waals surface area contributed by atoms with Crippen LogP contribution < -0.4 is 10.6 Å². The molecule has 0 aliphatic carbocycles. The van der Waals surface area contributed by atoms with E-state index >= 15 is 0 Å². The van der Waals surface area contributed by atoms with Gasteiger partial charge < -0.3 is 15.7 Å². The van der Waals surface area contributed by atoms with Crippen molar-refractivity contribution in [2.75, 3.05) is 30.3 Å².